The van der Waals surface area contributed by atoms with E-state index in [9.17, 15) is 13.2 Å². The highest BCUT2D eigenvalue weighted by molar-refractivity contribution is 6.31. The normalized spacial score (nSPS) is 18.5. The van der Waals surface area contributed by atoms with Crippen molar-refractivity contribution < 1.29 is 17.9 Å². The Morgan fingerprint density at radius 2 is 1.78 bits per heavy atom. The number of rotatable bonds is 3. The van der Waals surface area contributed by atoms with Crippen molar-refractivity contribution in [1.82, 2.24) is 15.0 Å². The monoisotopic (exact) mass is 513 g/mol. The maximum Gasteiger partial charge on any atom is 0.433 e. The molecular weight excluding hydrogens is 491 g/mol. The van der Waals surface area contributed by atoms with Crippen molar-refractivity contribution in [2.75, 3.05) is 42.6 Å². The molecule has 0 spiro atoms. The number of nitrogens with one attached hydrogen (secondary N) is 1. The predicted molar refractivity (Wildman–Crippen MR) is 133 cm³/mol. The van der Waals surface area contributed by atoms with Crippen LogP contribution in [0.2, 0.25) is 5.02 Å². The van der Waals surface area contributed by atoms with E-state index in [2.05, 4.69) is 32.0 Å². The van der Waals surface area contributed by atoms with E-state index in [1.807, 2.05) is 35.2 Å². The summed E-state index contributed by atoms with van der Waals surface area (Å²) in [6.45, 7) is 3.47. The zero-order chi connectivity index (χ0) is 24.9. The number of halogens is 4. The summed E-state index contributed by atoms with van der Waals surface area (Å²) >= 11 is 6.28. The van der Waals surface area contributed by atoms with Gasteiger partial charge in [-0.1, -0.05) is 23.7 Å². The van der Waals surface area contributed by atoms with Crippen LogP contribution in [0.5, 0.6) is 0 Å². The lowest BCUT2D eigenvalue weighted by Gasteiger charge is -2.36. The second-order valence-electron chi connectivity index (χ2n) is 8.98. The van der Waals surface area contributed by atoms with Gasteiger partial charge in [-0.3, -0.25) is 0 Å². The minimum Gasteiger partial charge on any atom is -0.378 e. The largest absolute Gasteiger partial charge is 0.433 e. The molecule has 1 N–H and O–H groups in total. The van der Waals surface area contributed by atoms with E-state index in [1.165, 1.54) is 6.20 Å². The Kier molecular flexibility index (Phi) is 5.76. The van der Waals surface area contributed by atoms with Gasteiger partial charge in [0.25, 0.3) is 0 Å². The highest BCUT2D eigenvalue weighted by Crippen LogP contribution is 2.41. The van der Waals surface area contributed by atoms with Crippen LogP contribution in [0.1, 0.15) is 28.6 Å². The van der Waals surface area contributed by atoms with Crippen molar-refractivity contribution in [2.24, 2.45) is 0 Å². The predicted octanol–water partition coefficient (Wildman–Crippen LogP) is 5.62. The van der Waals surface area contributed by atoms with Gasteiger partial charge in [-0.25, -0.2) is 9.97 Å². The average Bonchev–Trinajstić information content (AvgIpc) is 3.26. The maximum atomic E-state index is 13.5. The molecule has 0 radical (unpaired) electrons. The maximum absolute atomic E-state index is 13.5. The molecule has 1 atom stereocenters. The fourth-order valence-corrected chi connectivity index (χ4v) is 5.33. The molecule has 0 bridgehead atoms. The number of morpholine rings is 1. The highest BCUT2D eigenvalue weighted by Gasteiger charge is 2.37. The Morgan fingerprint density at radius 3 is 2.53 bits per heavy atom. The third-order valence-corrected chi connectivity index (χ3v) is 7.10. The van der Waals surface area contributed by atoms with Gasteiger partial charge in [-0.2, -0.15) is 13.2 Å². The molecule has 1 unspecified atom stereocenters. The molecule has 6 rings (SSSR count). The third kappa shape index (κ3) is 4.16. The molecule has 6 nitrogen and oxygen atoms in total. The fourth-order valence-electron chi connectivity index (χ4n) is 5.16. The summed E-state index contributed by atoms with van der Waals surface area (Å²) in [6.07, 6.45) is -2.76. The van der Waals surface area contributed by atoms with Gasteiger partial charge < -0.3 is 19.5 Å². The van der Waals surface area contributed by atoms with Crippen molar-refractivity contribution in [2.45, 2.75) is 18.6 Å². The van der Waals surface area contributed by atoms with Crippen LogP contribution in [0.3, 0.4) is 0 Å². The first-order chi connectivity index (χ1) is 17.4. The number of benzene rings is 2. The Hall–Kier alpha value is -3.30. The number of H-pyrrole nitrogens is 1. The zero-order valence-corrected chi connectivity index (χ0v) is 20.0. The number of hydrogen-bond acceptors (Lipinski definition) is 5. The summed E-state index contributed by atoms with van der Waals surface area (Å²) in [6, 6.07) is 14.4. The van der Waals surface area contributed by atoms with Crippen LogP contribution in [-0.2, 0) is 17.3 Å². The van der Waals surface area contributed by atoms with Gasteiger partial charge in [-0.05, 0) is 53.9 Å². The van der Waals surface area contributed by atoms with Crippen LogP contribution in [0, 0.1) is 0 Å². The van der Waals surface area contributed by atoms with Gasteiger partial charge in [0.05, 0.1) is 19.3 Å². The first kappa shape index (κ1) is 23.1. The Morgan fingerprint density at radius 1 is 1.00 bits per heavy atom. The molecule has 2 aromatic carbocycles. The van der Waals surface area contributed by atoms with Gasteiger partial charge in [0.2, 0.25) is 5.95 Å². The van der Waals surface area contributed by atoms with E-state index in [0.717, 1.165) is 52.6 Å². The van der Waals surface area contributed by atoms with E-state index < -0.39 is 11.9 Å². The Labute approximate surface area is 210 Å². The van der Waals surface area contributed by atoms with E-state index in [4.69, 9.17) is 16.3 Å². The van der Waals surface area contributed by atoms with Crippen molar-refractivity contribution in [3.63, 3.8) is 0 Å². The molecule has 0 saturated carbocycles. The number of alkyl halides is 3. The lowest BCUT2D eigenvalue weighted by Crippen LogP contribution is -2.38. The van der Waals surface area contributed by atoms with Crippen molar-refractivity contribution in [3.05, 3.63) is 82.3 Å². The Balaban J connectivity index is 1.45. The molecule has 2 aliphatic heterocycles. The van der Waals surface area contributed by atoms with E-state index >= 15 is 0 Å². The Bertz CT molecular complexity index is 1400. The molecule has 0 aliphatic carbocycles. The van der Waals surface area contributed by atoms with Gasteiger partial charge in [-0.15, -0.1) is 0 Å². The third-order valence-electron chi connectivity index (χ3n) is 6.86. The van der Waals surface area contributed by atoms with Gasteiger partial charge in [0.1, 0.15) is 5.69 Å². The minimum absolute atomic E-state index is 0.0504. The molecule has 4 aromatic rings. The number of ether oxygens (including phenoxy) is 1. The van der Waals surface area contributed by atoms with E-state index in [0.29, 0.717) is 31.2 Å². The summed E-state index contributed by atoms with van der Waals surface area (Å²) in [5.41, 5.74) is 4.03. The van der Waals surface area contributed by atoms with Crippen molar-refractivity contribution >= 4 is 34.1 Å². The SMILES string of the molecule is FC(F)(F)c1ccnc(N2CCc3c([nH]c4ccc(Cl)cc34)C2c2ccc(N3CCOCC3)cc2)n1. The summed E-state index contributed by atoms with van der Waals surface area (Å²) < 4.78 is 45.8. The van der Waals surface area contributed by atoms with Gasteiger partial charge >= 0.3 is 6.18 Å². The average molecular weight is 514 g/mol. The van der Waals surface area contributed by atoms with Crippen LogP contribution in [-0.4, -0.2) is 47.8 Å². The number of fused-ring (bicyclic) bond motifs is 3. The highest BCUT2D eigenvalue weighted by atomic mass is 35.5. The smallest absolute Gasteiger partial charge is 0.378 e. The van der Waals surface area contributed by atoms with Crippen molar-refractivity contribution in [3.8, 4) is 0 Å². The molecule has 10 heteroatoms. The van der Waals surface area contributed by atoms with Gasteiger partial charge in [0, 0.05) is 53.1 Å². The first-order valence-corrected chi connectivity index (χ1v) is 12.2. The molecule has 1 fully saturated rings. The number of nitrogens with zero attached hydrogens (tertiary/aromatic N) is 4. The molecule has 186 valence electrons. The number of aromatic nitrogens is 3. The van der Waals surface area contributed by atoms with E-state index in [1.54, 1.807) is 0 Å². The molecule has 4 heterocycles. The summed E-state index contributed by atoms with van der Waals surface area (Å²) in [5.74, 6) is 0.0504. The molecule has 1 saturated heterocycles. The lowest BCUT2D eigenvalue weighted by atomic mass is 9.92. The summed E-state index contributed by atoms with van der Waals surface area (Å²) in [5, 5.41) is 1.66. The summed E-state index contributed by atoms with van der Waals surface area (Å²) in [4.78, 5) is 15.8. The standard InChI is InChI=1S/C26H23ClF3N5O/c27-17-3-6-21-20(15-17)19-8-10-35(25-31-9-7-22(33-25)26(28,29)30)24(23(19)32-21)16-1-4-18(5-2-16)34-11-13-36-14-12-34/h1-7,9,15,24,32H,8,10-14H2. The number of aromatic amines is 1. The van der Waals surface area contributed by atoms with Crippen LogP contribution in [0.15, 0.2) is 54.7 Å². The second-order valence-corrected chi connectivity index (χ2v) is 9.42. The lowest BCUT2D eigenvalue weighted by molar-refractivity contribution is -0.141. The minimum atomic E-state index is -4.55. The summed E-state index contributed by atoms with van der Waals surface area (Å²) in [7, 11) is 0. The fraction of sp³-hybridized carbons (Fsp3) is 0.308. The van der Waals surface area contributed by atoms with Crippen LogP contribution < -0.4 is 9.80 Å². The number of anilines is 2. The van der Waals surface area contributed by atoms with Crippen molar-refractivity contribution in [1.29, 1.82) is 0 Å². The number of hydrogen-bond donors (Lipinski definition) is 1. The quantitative estimate of drug-likeness (QED) is 0.385. The second kappa shape index (κ2) is 8.97. The first-order valence-electron chi connectivity index (χ1n) is 11.8. The van der Waals surface area contributed by atoms with E-state index in [-0.39, 0.29) is 12.0 Å². The molecular formula is C26H23ClF3N5O. The van der Waals surface area contributed by atoms with Crippen LogP contribution in [0.25, 0.3) is 10.9 Å². The van der Waals surface area contributed by atoms with Crippen LogP contribution >= 0.6 is 11.6 Å². The zero-order valence-electron chi connectivity index (χ0n) is 19.2. The molecule has 0 amide bonds. The molecule has 36 heavy (non-hydrogen) atoms. The molecule has 2 aromatic heterocycles. The topological polar surface area (TPSA) is 57.3 Å². The van der Waals surface area contributed by atoms with Gasteiger partial charge in [0.15, 0.2) is 0 Å². The molecule has 2 aliphatic rings. The van der Waals surface area contributed by atoms with Crippen LogP contribution in [0.4, 0.5) is 24.8 Å².